The summed E-state index contributed by atoms with van der Waals surface area (Å²) in [6, 6.07) is 1.56. The lowest BCUT2D eigenvalue weighted by Crippen LogP contribution is -2.48. The minimum atomic E-state index is 0.754. The van der Waals surface area contributed by atoms with Crippen molar-refractivity contribution in [1.82, 2.24) is 15.1 Å². The number of piperidine rings is 1. The molecule has 21 heavy (non-hydrogen) atoms. The van der Waals surface area contributed by atoms with Crippen molar-refractivity contribution in [2.75, 3.05) is 40.8 Å². The quantitative estimate of drug-likeness (QED) is 0.813. The van der Waals surface area contributed by atoms with Gasteiger partial charge in [0.05, 0.1) is 0 Å². The molecule has 1 aliphatic heterocycles. The zero-order valence-electron chi connectivity index (χ0n) is 14.8. The van der Waals surface area contributed by atoms with E-state index < -0.39 is 0 Å². The molecule has 0 amide bonds. The summed E-state index contributed by atoms with van der Waals surface area (Å²) in [7, 11) is 6.62. The number of likely N-dealkylation sites (tertiary alicyclic amines) is 1. The van der Waals surface area contributed by atoms with Crippen molar-refractivity contribution in [3.63, 3.8) is 0 Å². The van der Waals surface area contributed by atoms with E-state index in [0.29, 0.717) is 0 Å². The first-order valence-electron chi connectivity index (χ1n) is 9.20. The SMILES string of the molecule is CCCC1CCC(NC)C(CN2CCC(N(C)C)CC2)C1. The third kappa shape index (κ3) is 4.94. The van der Waals surface area contributed by atoms with Crippen LogP contribution in [-0.2, 0) is 0 Å². The molecule has 1 heterocycles. The predicted octanol–water partition coefficient (Wildman–Crippen LogP) is 2.82. The fourth-order valence-corrected chi connectivity index (χ4v) is 4.56. The molecule has 3 unspecified atom stereocenters. The Morgan fingerprint density at radius 1 is 1.10 bits per heavy atom. The Morgan fingerprint density at radius 3 is 2.38 bits per heavy atom. The molecule has 3 nitrogen and oxygen atoms in total. The van der Waals surface area contributed by atoms with Crippen LogP contribution in [0.1, 0.15) is 51.9 Å². The van der Waals surface area contributed by atoms with Gasteiger partial charge >= 0.3 is 0 Å². The second-order valence-electron chi connectivity index (χ2n) is 7.62. The lowest BCUT2D eigenvalue weighted by atomic mass is 9.76. The number of nitrogens with one attached hydrogen (secondary N) is 1. The molecule has 3 atom stereocenters. The summed E-state index contributed by atoms with van der Waals surface area (Å²) in [6.07, 6.45) is 9.78. The van der Waals surface area contributed by atoms with E-state index >= 15 is 0 Å². The average molecular weight is 296 g/mol. The maximum Gasteiger partial charge on any atom is 0.0113 e. The van der Waals surface area contributed by atoms with Gasteiger partial charge in [0, 0.05) is 18.6 Å². The summed E-state index contributed by atoms with van der Waals surface area (Å²) in [4.78, 5) is 5.15. The topological polar surface area (TPSA) is 18.5 Å². The minimum Gasteiger partial charge on any atom is -0.317 e. The van der Waals surface area contributed by atoms with Gasteiger partial charge in [-0.3, -0.25) is 0 Å². The zero-order chi connectivity index (χ0) is 15.2. The monoisotopic (exact) mass is 295 g/mol. The highest BCUT2D eigenvalue weighted by Crippen LogP contribution is 2.33. The van der Waals surface area contributed by atoms with Crippen molar-refractivity contribution in [2.45, 2.75) is 64.0 Å². The van der Waals surface area contributed by atoms with E-state index in [2.05, 4.69) is 43.2 Å². The Morgan fingerprint density at radius 2 is 1.81 bits per heavy atom. The molecule has 0 radical (unpaired) electrons. The van der Waals surface area contributed by atoms with Crippen molar-refractivity contribution < 1.29 is 0 Å². The Balaban J connectivity index is 1.82. The van der Waals surface area contributed by atoms with Crippen molar-refractivity contribution in [1.29, 1.82) is 0 Å². The van der Waals surface area contributed by atoms with Gasteiger partial charge in [0.15, 0.2) is 0 Å². The van der Waals surface area contributed by atoms with Crippen LogP contribution < -0.4 is 5.32 Å². The van der Waals surface area contributed by atoms with Gasteiger partial charge < -0.3 is 15.1 Å². The highest BCUT2D eigenvalue weighted by atomic mass is 15.2. The molecule has 0 aromatic rings. The van der Waals surface area contributed by atoms with E-state index in [1.165, 1.54) is 64.6 Å². The van der Waals surface area contributed by atoms with Crippen LogP contribution in [0.4, 0.5) is 0 Å². The van der Waals surface area contributed by atoms with Crippen molar-refractivity contribution in [2.24, 2.45) is 11.8 Å². The molecule has 2 rings (SSSR count). The van der Waals surface area contributed by atoms with E-state index in [4.69, 9.17) is 0 Å². The standard InChI is InChI=1S/C18H37N3/c1-5-6-15-7-8-18(19-2)16(13-15)14-21-11-9-17(10-12-21)20(3)4/h15-19H,5-14H2,1-4H3. The number of nitrogens with zero attached hydrogens (tertiary/aromatic N) is 2. The van der Waals surface area contributed by atoms with Crippen LogP contribution in [0, 0.1) is 11.8 Å². The summed E-state index contributed by atoms with van der Waals surface area (Å²) in [5.74, 6) is 1.86. The van der Waals surface area contributed by atoms with Gasteiger partial charge in [-0.05, 0) is 78.2 Å². The fraction of sp³-hybridized carbons (Fsp3) is 1.00. The van der Waals surface area contributed by atoms with Crippen LogP contribution in [0.2, 0.25) is 0 Å². The summed E-state index contributed by atoms with van der Waals surface area (Å²) < 4.78 is 0. The van der Waals surface area contributed by atoms with Crippen molar-refractivity contribution in [3.8, 4) is 0 Å². The molecule has 2 fully saturated rings. The Bertz CT molecular complexity index is 284. The van der Waals surface area contributed by atoms with Crippen molar-refractivity contribution in [3.05, 3.63) is 0 Å². The van der Waals surface area contributed by atoms with E-state index in [0.717, 1.165) is 23.9 Å². The van der Waals surface area contributed by atoms with Gasteiger partial charge in [-0.1, -0.05) is 19.8 Å². The van der Waals surface area contributed by atoms with Crippen LogP contribution in [0.25, 0.3) is 0 Å². The molecule has 1 saturated heterocycles. The summed E-state index contributed by atoms with van der Waals surface area (Å²) in [5, 5.41) is 3.60. The molecule has 3 heteroatoms. The zero-order valence-corrected chi connectivity index (χ0v) is 14.8. The Hall–Kier alpha value is -0.120. The first-order chi connectivity index (χ1) is 10.1. The molecule has 1 N–H and O–H groups in total. The first-order valence-corrected chi connectivity index (χ1v) is 9.20. The van der Waals surface area contributed by atoms with E-state index in [-0.39, 0.29) is 0 Å². The van der Waals surface area contributed by atoms with Gasteiger partial charge in [0.1, 0.15) is 0 Å². The number of hydrogen-bond donors (Lipinski definition) is 1. The summed E-state index contributed by atoms with van der Waals surface area (Å²) in [5.41, 5.74) is 0. The van der Waals surface area contributed by atoms with Crippen molar-refractivity contribution >= 4 is 0 Å². The Kier molecular flexibility index (Phi) is 6.97. The molecule has 1 aliphatic carbocycles. The molecule has 124 valence electrons. The molecular formula is C18H37N3. The van der Waals surface area contributed by atoms with Gasteiger partial charge in [0.2, 0.25) is 0 Å². The van der Waals surface area contributed by atoms with Crippen LogP contribution >= 0.6 is 0 Å². The third-order valence-corrected chi connectivity index (χ3v) is 5.94. The minimum absolute atomic E-state index is 0.754. The maximum atomic E-state index is 3.60. The van der Waals surface area contributed by atoms with Crippen LogP contribution in [0.5, 0.6) is 0 Å². The van der Waals surface area contributed by atoms with E-state index in [1.54, 1.807) is 0 Å². The third-order valence-electron chi connectivity index (χ3n) is 5.94. The highest BCUT2D eigenvalue weighted by molar-refractivity contribution is 4.87. The fourth-order valence-electron chi connectivity index (χ4n) is 4.56. The van der Waals surface area contributed by atoms with E-state index in [1.807, 2.05) is 0 Å². The lowest BCUT2D eigenvalue weighted by molar-refractivity contribution is 0.0976. The normalized spacial score (nSPS) is 32.7. The molecule has 0 spiro atoms. The van der Waals surface area contributed by atoms with Crippen LogP contribution in [0.15, 0.2) is 0 Å². The summed E-state index contributed by atoms with van der Waals surface area (Å²) >= 11 is 0. The molecular weight excluding hydrogens is 258 g/mol. The van der Waals surface area contributed by atoms with E-state index in [9.17, 15) is 0 Å². The molecule has 0 aromatic carbocycles. The van der Waals surface area contributed by atoms with Gasteiger partial charge in [0.25, 0.3) is 0 Å². The average Bonchev–Trinajstić information content (AvgIpc) is 2.48. The van der Waals surface area contributed by atoms with Crippen LogP contribution in [-0.4, -0.2) is 62.7 Å². The molecule has 1 saturated carbocycles. The molecule has 0 bridgehead atoms. The number of hydrogen-bond acceptors (Lipinski definition) is 3. The second kappa shape index (κ2) is 8.50. The first kappa shape index (κ1) is 17.2. The van der Waals surface area contributed by atoms with Gasteiger partial charge in [-0.2, -0.15) is 0 Å². The van der Waals surface area contributed by atoms with Gasteiger partial charge in [-0.25, -0.2) is 0 Å². The summed E-state index contributed by atoms with van der Waals surface area (Å²) in [6.45, 7) is 6.26. The van der Waals surface area contributed by atoms with Gasteiger partial charge in [-0.15, -0.1) is 0 Å². The number of rotatable bonds is 6. The predicted molar refractivity (Wildman–Crippen MR) is 91.7 cm³/mol. The maximum absolute atomic E-state index is 3.60. The van der Waals surface area contributed by atoms with Crippen LogP contribution in [0.3, 0.4) is 0 Å². The molecule has 2 aliphatic rings. The lowest BCUT2D eigenvalue weighted by Gasteiger charge is -2.41. The smallest absolute Gasteiger partial charge is 0.0113 e. The second-order valence-corrected chi connectivity index (χ2v) is 7.62. The largest absolute Gasteiger partial charge is 0.317 e. The molecule has 0 aromatic heterocycles. The highest BCUT2D eigenvalue weighted by Gasteiger charge is 2.31. The Labute approximate surface area is 132 Å².